The van der Waals surface area contributed by atoms with Gasteiger partial charge in [0.1, 0.15) is 0 Å². The third-order valence-electron chi connectivity index (χ3n) is 4.49. The van der Waals surface area contributed by atoms with Crippen LogP contribution in [0.25, 0.3) is 0 Å². The van der Waals surface area contributed by atoms with Gasteiger partial charge in [0.05, 0.1) is 0 Å². The van der Waals surface area contributed by atoms with Crippen molar-refractivity contribution in [3.63, 3.8) is 0 Å². The van der Waals surface area contributed by atoms with Crippen molar-refractivity contribution in [3.05, 3.63) is 0 Å². The molecular formula is C17H35NS. The highest BCUT2D eigenvalue weighted by atomic mass is 32.2. The van der Waals surface area contributed by atoms with Gasteiger partial charge in [0.15, 0.2) is 0 Å². The highest BCUT2D eigenvalue weighted by Gasteiger charge is 2.19. The first-order valence-corrected chi connectivity index (χ1v) is 9.69. The van der Waals surface area contributed by atoms with Crippen LogP contribution in [0.1, 0.15) is 78.6 Å². The van der Waals surface area contributed by atoms with Crippen LogP contribution in [-0.4, -0.2) is 23.6 Å². The molecule has 0 saturated heterocycles. The fourth-order valence-electron chi connectivity index (χ4n) is 3.19. The summed E-state index contributed by atoms with van der Waals surface area (Å²) in [6, 6.07) is 0.748. The minimum Gasteiger partial charge on any atom is -0.313 e. The van der Waals surface area contributed by atoms with E-state index in [4.69, 9.17) is 0 Å². The molecule has 0 heterocycles. The summed E-state index contributed by atoms with van der Waals surface area (Å²) < 4.78 is 0. The summed E-state index contributed by atoms with van der Waals surface area (Å²) in [5.41, 5.74) is 0. The van der Waals surface area contributed by atoms with Gasteiger partial charge in [-0.15, -0.1) is 0 Å². The molecule has 114 valence electrons. The van der Waals surface area contributed by atoms with Crippen LogP contribution in [0.2, 0.25) is 0 Å². The first kappa shape index (κ1) is 17.4. The van der Waals surface area contributed by atoms with E-state index >= 15 is 0 Å². The first-order chi connectivity index (χ1) is 9.30. The molecule has 0 radical (unpaired) electrons. The zero-order valence-electron chi connectivity index (χ0n) is 13.4. The second-order valence-electron chi connectivity index (χ2n) is 6.15. The summed E-state index contributed by atoms with van der Waals surface area (Å²) in [6.45, 7) is 8.05. The van der Waals surface area contributed by atoms with E-state index in [9.17, 15) is 0 Å². The van der Waals surface area contributed by atoms with Crippen molar-refractivity contribution in [1.82, 2.24) is 5.32 Å². The number of rotatable bonds is 11. The lowest BCUT2D eigenvalue weighted by atomic mass is 9.92. The SMILES string of the molecule is CCCCC(CC)CC(CSC1CCCC1)NCC. The molecule has 1 fully saturated rings. The van der Waals surface area contributed by atoms with Gasteiger partial charge in [-0.05, 0) is 31.7 Å². The Kier molecular flexibility index (Phi) is 10.1. The molecule has 2 atom stereocenters. The third-order valence-corrected chi connectivity index (χ3v) is 6.03. The van der Waals surface area contributed by atoms with E-state index in [1.165, 1.54) is 63.5 Å². The molecule has 1 aliphatic rings. The maximum absolute atomic E-state index is 3.73. The van der Waals surface area contributed by atoms with Crippen LogP contribution < -0.4 is 5.32 Å². The van der Waals surface area contributed by atoms with Gasteiger partial charge in [-0.1, -0.05) is 59.3 Å². The third kappa shape index (κ3) is 7.60. The lowest BCUT2D eigenvalue weighted by Crippen LogP contribution is -2.33. The Labute approximate surface area is 125 Å². The summed E-state index contributed by atoms with van der Waals surface area (Å²) in [5, 5.41) is 4.70. The molecule has 19 heavy (non-hydrogen) atoms. The zero-order chi connectivity index (χ0) is 13.9. The molecule has 1 aliphatic carbocycles. The zero-order valence-corrected chi connectivity index (χ0v) is 14.2. The lowest BCUT2D eigenvalue weighted by Gasteiger charge is -2.24. The van der Waals surface area contributed by atoms with Crippen LogP contribution in [0, 0.1) is 5.92 Å². The highest BCUT2D eigenvalue weighted by Crippen LogP contribution is 2.30. The van der Waals surface area contributed by atoms with Gasteiger partial charge in [0.25, 0.3) is 0 Å². The van der Waals surface area contributed by atoms with Gasteiger partial charge in [0, 0.05) is 17.0 Å². The van der Waals surface area contributed by atoms with Crippen LogP contribution in [-0.2, 0) is 0 Å². The quantitative estimate of drug-likeness (QED) is 0.556. The molecule has 1 rings (SSSR count). The maximum Gasteiger partial charge on any atom is 0.0160 e. The predicted octanol–water partition coefficient (Wildman–Crippen LogP) is 5.25. The first-order valence-electron chi connectivity index (χ1n) is 8.65. The van der Waals surface area contributed by atoms with E-state index in [-0.39, 0.29) is 0 Å². The number of thioether (sulfide) groups is 1. The van der Waals surface area contributed by atoms with Crippen LogP contribution in [0.15, 0.2) is 0 Å². The van der Waals surface area contributed by atoms with E-state index in [0.29, 0.717) is 0 Å². The second-order valence-corrected chi connectivity index (χ2v) is 7.48. The maximum atomic E-state index is 3.73. The smallest absolute Gasteiger partial charge is 0.0160 e. The standard InChI is InChI=1S/C17H35NS/c1-4-7-10-15(5-2)13-16(18-6-3)14-19-17-11-8-9-12-17/h15-18H,4-14H2,1-3H3. The molecule has 0 aliphatic heterocycles. The van der Waals surface area contributed by atoms with E-state index < -0.39 is 0 Å². The number of hydrogen-bond acceptors (Lipinski definition) is 2. The fourth-order valence-corrected chi connectivity index (χ4v) is 4.62. The fraction of sp³-hybridized carbons (Fsp3) is 1.00. The number of unbranched alkanes of at least 4 members (excludes halogenated alkanes) is 1. The van der Waals surface area contributed by atoms with Gasteiger partial charge in [0.2, 0.25) is 0 Å². The van der Waals surface area contributed by atoms with Crippen molar-refractivity contribution in [1.29, 1.82) is 0 Å². The minimum absolute atomic E-state index is 0.748. The molecule has 0 amide bonds. The monoisotopic (exact) mass is 285 g/mol. The summed E-state index contributed by atoms with van der Waals surface area (Å²) >= 11 is 2.25. The van der Waals surface area contributed by atoms with Crippen molar-refractivity contribution in [2.24, 2.45) is 5.92 Å². The second kappa shape index (κ2) is 11.0. The Hall–Kier alpha value is 0.310. The lowest BCUT2D eigenvalue weighted by molar-refractivity contribution is 0.367. The van der Waals surface area contributed by atoms with Crippen LogP contribution in [0.4, 0.5) is 0 Å². The molecule has 0 aromatic carbocycles. The largest absolute Gasteiger partial charge is 0.313 e. The van der Waals surface area contributed by atoms with Gasteiger partial charge in [-0.25, -0.2) is 0 Å². The van der Waals surface area contributed by atoms with E-state index in [2.05, 4.69) is 37.8 Å². The predicted molar refractivity (Wildman–Crippen MR) is 90.1 cm³/mol. The van der Waals surface area contributed by atoms with Crippen molar-refractivity contribution in [3.8, 4) is 0 Å². The Bertz CT molecular complexity index is 201. The van der Waals surface area contributed by atoms with E-state index in [0.717, 1.165) is 23.8 Å². The van der Waals surface area contributed by atoms with Gasteiger partial charge < -0.3 is 5.32 Å². The Morgan fingerprint density at radius 2 is 1.89 bits per heavy atom. The minimum atomic E-state index is 0.748. The van der Waals surface area contributed by atoms with Crippen LogP contribution in [0.5, 0.6) is 0 Å². The molecule has 1 N–H and O–H groups in total. The van der Waals surface area contributed by atoms with Gasteiger partial charge >= 0.3 is 0 Å². The summed E-state index contributed by atoms with van der Waals surface area (Å²) in [6.07, 6.45) is 12.8. The normalized spacial score (nSPS) is 19.7. The molecule has 0 spiro atoms. The van der Waals surface area contributed by atoms with E-state index in [1.54, 1.807) is 0 Å². The average molecular weight is 286 g/mol. The number of nitrogens with one attached hydrogen (secondary N) is 1. The van der Waals surface area contributed by atoms with Crippen LogP contribution in [0.3, 0.4) is 0 Å². The summed E-state index contributed by atoms with van der Waals surface area (Å²) in [5.74, 6) is 2.27. The molecule has 1 saturated carbocycles. The molecule has 2 heteroatoms. The Balaban J connectivity index is 2.27. The molecule has 0 aromatic rings. The average Bonchev–Trinajstić information content (AvgIpc) is 2.94. The molecule has 1 nitrogen and oxygen atoms in total. The molecule has 0 bridgehead atoms. The van der Waals surface area contributed by atoms with E-state index in [1.807, 2.05) is 0 Å². The Morgan fingerprint density at radius 3 is 2.47 bits per heavy atom. The summed E-state index contributed by atoms with van der Waals surface area (Å²) in [4.78, 5) is 0. The topological polar surface area (TPSA) is 12.0 Å². The van der Waals surface area contributed by atoms with Gasteiger partial charge in [-0.2, -0.15) is 11.8 Å². The summed E-state index contributed by atoms with van der Waals surface area (Å²) in [7, 11) is 0. The van der Waals surface area contributed by atoms with Crippen molar-refractivity contribution >= 4 is 11.8 Å². The highest BCUT2D eigenvalue weighted by molar-refractivity contribution is 7.99. The molecular weight excluding hydrogens is 250 g/mol. The molecule has 0 aromatic heterocycles. The number of hydrogen-bond donors (Lipinski definition) is 1. The Morgan fingerprint density at radius 1 is 1.16 bits per heavy atom. The van der Waals surface area contributed by atoms with Crippen molar-refractivity contribution < 1.29 is 0 Å². The van der Waals surface area contributed by atoms with Gasteiger partial charge in [-0.3, -0.25) is 0 Å². The van der Waals surface area contributed by atoms with Crippen molar-refractivity contribution in [2.75, 3.05) is 12.3 Å². The molecule has 2 unspecified atom stereocenters. The van der Waals surface area contributed by atoms with Crippen LogP contribution >= 0.6 is 11.8 Å². The van der Waals surface area contributed by atoms with Crippen molar-refractivity contribution in [2.45, 2.75) is 89.9 Å².